The van der Waals surface area contributed by atoms with Crippen LogP contribution in [0.1, 0.15) is 20.7 Å². The zero-order valence-corrected chi connectivity index (χ0v) is 17.6. The smallest absolute Gasteiger partial charge is 0.339 e. The fourth-order valence-electron chi connectivity index (χ4n) is 2.17. The van der Waals surface area contributed by atoms with E-state index in [4.69, 9.17) is 51.8 Å². The molecule has 2 aromatic carbocycles. The van der Waals surface area contributed by atoms with Crippen LogP contribution < -0.4 is 16.0 Å². The molecule has 0 aliphatic heterocycles. The van der Waals surface area contributed by atoms with Gasteiger partial charge in [0.15, 0.2) is 5.11 Å². The number of carbonyl (C=O) groups excluding carboxylic acids is 2. The van der Waals surface area contributed by atoms with E-state index in [2.05, 4.69) is 16.0 Å². The van der Waals surface area contributed by atoms with Crippen molar-refractivity contribution in [1.29, 1.82) is 0 Å². The van der Waals surface area contributed by atoms with Gasteiger partial charge in [-0.25, -0.2) is 4.79 Å². The second-order valence-electron chi connectivity index (χ2n) is 5.45. The Hall–Kier alpha value is -2.06. The molecule has 1 amide bonds. The number of hydrogen-bond donors (Lipinski definition) is 3. The summed E-state index contributed by atoms with van der Waals surface area (Å²) in [4.78, 5) is 24.2. The maximum absolute atomic E-state index is 12.4. The molecule has 28 heavy (non-hydrogen) atoms. The Morgan fingerprint density at radius 3 is 2.21 bits per heavy atom. The highest BCUT2D eigenvalue weighted by Crippen LogP contribution is 2.29. The standard InChI is InChI=1S/C18H16Cl3N3O3S/c1-27-15(26)12-9-5-6-10-13(12)22-17(28)24-16(18(19,20)21)23-14(25)11-7-3-2-4-8-11/h2-10,16H,1H3,(H,23,25)(H2,22,24,28)/t16-/m1/s1. The number of nitrogens with one attached hydrogen (secondary N) is 3. The number of rotatable bonds is 5. The molecule has 2 aromatic rings. The van der Waals surface area contributed by atoms with Crippen molar-refractivity contribution in [3.05, 3.63) is 65.7 Å². The van der Waals surface area contributed by atoms with Gasteiger partial charge in [0.05, 0.1) is 18.4 Å². The summed E-state index contributed by atoms with van der Waals surface area (Å²) < 4.78 is 2.83. The number of esters is 1. The van der Waals surface area contributed by atoms with E-state index in [1.54, 1.807) is 54.6 Å². The SMILES string of the molecule is COC(=O)c1ccccc1NC(=S)N[C@@H](NC(=O)c1ccccc1)C(Cl)(Cl)Cl. The number of alkyl halides is 3. The molecule has 0 radical (unpaired) electrons. The maximum atomic E-state index is 12.4. The van der Waals surface area contributed by atoms with E-state index in [0.29, 0.717) is 11.3 Å². The Morgan fingerprint density at radius 1 is 1.00 bits per heavy atom. The summed E-state index contributed by atoms with van der Waals surface area (Å²) in [7, 11) is 1.27. The molecule has 0 aliphatic rings. The first-order valence-electron chi connectivity index (χ1n) is 7.90. The molecular weight excluding hydrogens is 445 g/mol. The third-order valence-electron chi connectivity index (χ3n) is 3.49. The molecular formula is C18H16Cl3N3O3S. The number of anilines is 1. The molecule has 0 bridgehead atoms. The summed E-state index contributed by atoms with van der Waals surface area (Å²) in [6.45, 7) is 0. The minimum Gasteiger partial charge on any atom is -0.465 e. The van der Waals surface area contributed by atoms with Gasteiger partial charge in [0.2, 0.25) is 3.79 Å². The number of para-hydroxylation sites is 1. The molecule has 0 fully saturated rings. The summed E-state index contributed by atoms with van der Waals surface area (Å²) >= 11 is 23.2. The van der Waals surface area contributed by atoms with Gasteiger partial charge in [0, 0.05) is 5.56 Å². The largest absolute Gasteiger partial charge is 0.465 e. The first kappa shape index (κ1) is 22.2. The van der Waals surface area contributed by atoms with Crippen LogP contribution in [0.5, 0.6) is 0 Å². The molecule has 0 saturated carbocycles. The van der Waals surface area contributed by atoms with Crippen molar-refractivity contribution in [1.82, 2.24) is 10.6 Å². The van der Waals surface area contributed by atoms with Crippen LogP contribution in [-0.2, 0) is 4.74 Å². The van der Waals surface area contributed by atoms with Gasteiger partial charge < -0.3 is 20.7 Å². The van der Waals surface area contributed by atoms with Crippen LogP contribution in [0.2, 0.25) is 0 Å². The summed E-state index contributed by atoms with van der Waals surface area (Å²) in [6.07, 6.45) is -1.14. The van der Waals surface area contributed by atoms with E-state index >= 15 is 0 Å². The summed E-state index contributed by atoms with van der Waals surface area (Å²) in [6, 6.07) is 15.0. The van der Waals surface area contributed by atoms with Crippen LogP contribution in [0.15, 0.2) is 54.6 Å². The molecule has 3 N–H and O–H groups in total. The number of amides is 1. The monoisotopic (exact) mass is 459 g/mol. The van der Waals surface area contributed by atoms with E-state index in [1.807, 2.05) is 0 Å². The van der Waals surface area contributed by atoms with Crippen LogP contribution >= 0.6 is 47.0 Å². The van der Waals surface area contributed by atoms with E-state index in [9.17, 15) is 9.59 Å². The fourth-order valence-corrected chi connectivity index (χ4v) is 2.73. The number of hydrogen-bond acceptors (Lipinski definition) is 4. The minimum atomic E-state index is -1.90. The minimum absolute atomic E-state index is 0.0287. The highest BCUT2D eigenvalue weighted by atomic mass is 35.6. The molecule has 0 aromatic heterocycles. The van der Waals surface area contributed by atoms with Crippen LogP contribution in [0, 0.1) is 0 Å². The molecule has 0 unspecified atom stereocenters. The lowest BCUT2D eigenvalue weighted by Gasteiger charge is -2.28. The quantitative estimate of drug-likeness (QED) is 0.272. The van der Waals surface area contributed by atoms with Gasteiger partial charge >= 0.3 is 5.97 Å². The first-order chi connectivity index (χ1) is 13.2. The van der Waals surface area contributed by atoms with Crippen LogP contribution in [0.25, 0.3) is 0 Å². The molecule has 1 atom stereocenters. The van der Waals surface area contributed by atoms with E-state index in [1.165, 1.54) is 7.11 Å². The molecule has 0 aliphatic carbocycles. The van der Waals surface area contributed by atoms with Gasteiger partial charge in [-0.15, -0.1) is 0 Å². The van der Waals surface area contributed by atoms with Gasteiger partial charge in [0.25, 0.3) is 5.91 Å². The topological polar surface area (TPSA) is 79.5 Å². The third kappa shape index (κ3) is 6.24. The van der Waals surface area contributed by atoms with Gasteiger partial charge in [-0.2, -0.15) is 0 Å². The lowest BCUT2D eigenvalue weighted by Crippen LogP contribution is -2.56. The number of benzene rings is 2. The van der Waals surface area contributed by atoms with Crippen molar-refractivity contribution in [3.8, 4) is 0 Å². The number of ether oxygens (including phenoxy) is 1. The van der Waals surface area contributed by atoms with Gasteiger partial charge in [-0.3, -0.25) is 4.79 Å². The third-order valence-corrected chi connectivity index (χ3v) is 4.37. The summed E-state index contributed by atoms with van der Waals surface area (Å²) in [5.41, 5.74) is 1.05. The molecule has 148 valence electrons. The predicted molar refractivity (Wildman–Crippen MR) is 115 cm³/mol. The van der Waals surface area contributed by atoms with Gasteiger partial charge in [-0.05, 0) is 36.5 Å². The second kappa shape index (κ2) is 9.93. The maximum Gasteiger partial charge on any atom is 0.339 e. The van der Waals surface area contributed by atoms with Gasteiger partial charge in [-0.1, -0.05) is 65.1 Å². The summed E-state index contributed by atoms with van der Waals surface area (Å²) in [5, 5.41) is 8.17. The summed E-state index contributed by atoms with van der Waals surface area (Å²) in [5.74, 6) is -0.997. The van der Waals surface area contributed by atoms with Crippen molar-refractivity contribution >= 4 is 69.7 Å². The number of halogens is 3. The van der Waals surface area contributed by atoms with Crippen molar-refractivity contribution < 1.29 is 14.3 Å². The highest BCUT2D eigenvalue weighted by molar-refractivity contribution is 7.80. The van der Waals surface area contributed by atoms with Crippen molar-refractivity contribution in [2.75, 3.05) is 12.4 Å². The zero-order chi connectivity index (χ0) is 20.7. The average Bonchev–Trinajstić information content (AvgIpc) is 2.67. The van der Waals surface area contributed by atoms with E-state index < -0.39 is 21.8 Å². The molecule has 2 rings (SSSR count). The van der Waals surface area contributed by atoms with E-state index in [-0.39, 0.29) is 10.7 Å². The number of carbonyl (C=O) groups is 2. The average molecular weight is 461 g/mol. The Morgan fingerprint density at radius 2 is 1.61 bits per heavy atom. The zero-order valence-electron chi connectivity index (χ0n) is 14.5. The Balaban J connectivity index is 2.12. The second-order valence-corrected chi connectivity index (χ2v) is 8.23. The lowest BCUT2D eigenvalue weighted by atomic mass is 10.2. The van der Waals surface area contributed by atoms with Crippen molar-refractivity contribution in [2.45, 2.75) is 9.96 Å². The van der Waals surface area contributed by atoms with Crippen molar-refractivity contribution in [2.24, 2.45) is 0 Å². The Bertz CT molecular complexity index is 860. The fraction of sp³-hybridized carbons (Fsp3) is 0.167. The van der Waals surface area contributed by atoms with Crippen LogP contribution in [0.3, 0.4) is 0 Å². The van der Waals surface area contributed by atoms with Crippen LogP contribution in [-0.4, -0.2) is 34.1 Å². The normalized spacial score (nSPS) is 11.9. The highest BCUT2D eigenvalue weighted by Gasteiger charge is 2.35. The first-order valence-corrected chi connectivity index (χ1v) is 9.44. The Kier molecular flexibility index (Phi) is 7.88. The van der Waals surface area contributed by atoms with Crippen molar-refractivity contribution in [3.63, 3.8) is 0 Å². The molecule has 0 heterocycles. The molecule has 0 saturated heterocycles. The van der Waals surface area contributed by atoms with Gasteiger partial charge in [0.1, 0.15) is 6.17 Å². The number of methoxy groups -OCH3 is 1. The predicted octanol–water partition coefficient (Wildman–Crippen LogP) is 3.89. The molecule has 10 heteroatoms. The molecule has 0 spiro atoms. The Labute approximate surface area is 182 Å². The molecule has 6 nitrogen and oxygen atoms in total. The number of thiocarbonyl (C=S) groups is 1. The van der Waals surface area contributed by atoms with Crippen LogP contribution in [0.4, 0.5) is 5.69 Å². The van der Waals surface area contributed by atoms with E-state index in [0.717, 1.165) is 0 Å². The lowest BCUT2D eigenvalue weighted by molar-refractivity contribution is 0.0601.